The van der Waals surface area contributed by atoms with Crippen molar-refractivity contribution in [3.05, 3.63) is 52.8 Å². The summed E-state index contributed by atoms with van der Waals surface area (Å²) in [5.74, 6) is 0. The minimum Gasteiger partial charge on any atom is -0.365 e. The van der Waals surface area contributed by atoms with E-state index in [4.69, 9.17) is 12.2 Å². The number of nitrogens with one attached hydrogen (secondary N) is 2. The third-order valence-electron chi connectivity index (χ3n) is 4.77. The minimum atomic E-state index is 0.587. The maximum atomic E-state index is 9.64. The summed E-state index contributed by atoms with van der Waals surface area (Å²) >= 11 is 5.49. The second-order valence-corrected chi connectivity index (χ2v) is 6.59. The van der Waals surface area contributed by atoms with Gasteiger partial charge in [0, 0.05) is 38.3 Å². The molecule has 0 amide bonds. The van der Waals surface area contributed by atoms with Crippen LogP contribution in [0.3, 0.4) is 0 Å². The fourth-order valence-corrected chi connectivity index (χ4v) is 3.90. The van der Waals surface area contributed by atoms with Crippen molar-refractivity contribution in [2.24, 2.45) is 0 Å². The first-order chi connectivity index (χ1) is 11.8. The second-order valence-electron chi connectivity index (χ2n) is 6.18. The van der Waals surface area contributed by atoms with Gasteiger partial charge >= 0.3 is 0 Å². The van der Waals surface area contributed by atoms with Gasteiger partial charge in [-0.05, 0) is 5.56 Å². The van der Waals surface area contributed by atoms with Crippen molar-refractivity contribution in [1.29, 1.82) is 5.26 Å². The average Bonchev–Trinajstić information content (AvgIpc) is 2.78. The van der Waals surface area contributed by atoms with Crippen LogP contribution in [0.4, 0.5) is 5.69 Å². The SMILES string of the molecule is N#Cc1c2c(n3c1CCN(Cc1ccccc1)CC3)C(=S)NCN2. The van der Waals surface area contributed by atoms with Crippen LogP contribution >= 0.6 is 12.2 Å². The topological polar surface area (TPSA) is 56.0 Å². The summed E-state index contributed by atoms with van der Waals surface area (Å²) in [5.41, 5.74) is 5.08. The number of nitrogens with zero attached hydrogens (tertiary/aromatic N) is 3. The summed E-state index contributed by atoms with van der Waals surface area (Å²) in [4.78, 5) is 3.19. The van der Waals surface area contributed by atoms with Gasteiger partial charge in [0.05, 0.1) is 17.9 Å². The van der Waals surface area contributed by atoms with E-state index in [-0.39, 0.29) is 0 Å². The van der Waals surface area contributed by atoms with Crippen molar-refractivity contribution in [1.82, 2.24) is 14.8 Å². The van der Waals surface area contributed by atoms with Crippen LogP contribution in [0.15, 0.2) is 30.3 Å². The molecule has 0 saturated carbocycles. The van der Waals surface area contributed by atoms with Gasteiger partial charge in [-0.25, -0.2) is 0 Å². The largest absolute Gasteiger partial charge is 0.365 e. The lowest BCUT2D eigenvalue weighted by atomic mass is 10.1. The number of anilines is 1. The number of hydrogen-bond donors (Lipinski definition) is 2. The van der Waals surface area contributed by atoms with Crippen LogP contribution in [0, 0.1) is 11.3 Å². The Balaban J connectivity index is 1.62. The predicted molar refractivity (Wildman–Crippen MR) is 97.9 cm³/mol. The van der Waals surface area contributed by atoms with Crippen LogP contribution in [-0.2, 0) is 19.5 Å². The summed E-state index contributed by atoms with van der Waals surface area (Å²) in [6.45, 7) is 4.29. The zero-order valence-electron chi connectivity index (χ0n) is 13.4. The molecule has 2 N–H and O–H groups in total. The highest BCUT2D eigenvalue weighted by Gasteiger charge is 2.29. The van der Waals surface area contributed by atoms with Gasteiger partial charge in [0.15, 0.2) is 0 Å². The van der Waals surface area contributed by atoms with Crippen molar-refractivity contribution in [3.8, 4) is 6.07 Å². The molecule has 4 rings (SSSR count). The lowest BCUT2D eigenvalue weighted by molar-refractivity contribution is 0.271. The van der Waals surface area contributed by atoms with Crippen LogP contribution in [0.5, 0.6) is 0 Å². The molecule has 0 bridgehead atoms. The smallest absolute Gasteiger partial charge is 0.126 e. The van der Waals surface area contributed by atoms with E-state index in [9.17, 15) is 5.26 Å². The molecule has 2 aliphatic rings. The van der Waals surface area contributed by atoms with E-state index < -0.39 is 0 Å². The fourth-order valence-electron chi connectivity index (χ4n) is 3.62. The van der Waals surface area contributed by atoms with Crippen molar-refractivity contribution in [2.45, 2.75) is 19.5 Å². The Morgan fingerprint density at radius 2 is 1.96 bits per heavy atom. The number of rotatable bonds is 2. The van der Waals surface area contributed by atoms with E-state index in [2.05, 4.69) is 50.4 Å². The van der Waals surface area contributed by atoms with Crippen LogP contribution in [0.2, 0.25) is 0 Å². The van der Waals surface area contributed by atoms with Gasteiger partial charge < -0.3 is 15.2 Å². The predicted octanol–water partition coefficient (Wildman–Crippen LogP) is 2.07. The first-order valence-electron chi connectivity index (χ1n) is 8.21. The third-order valence-corrected chi connectivity index (χ3v) is 5.10. The molecule has 1 aromatic carbocycles. The number of thiocarbonyl (C=S) groups is 1. The van der Waals surface area contributed by atoms with Gasteiger partial charge in [-0.1, -0.05) is 42.5 Å². The summed E-state index contributed by atoms with van der Waals surface area (Å²) in [7, 11) is 0. The Morgan fingerprint density at radius 1 is 1.12 bits per heavy atom. The third kappa shape index (κ3) is 2.56. The average molecular weight is 337 g/mol. The summed E-state index contributed by atoms with van der Waals surface area (Å²) in [5, 5.41) is 16.1. The van der Waals surface area contributed by atoms with Crippen molar-refractivity contribution < 1.29 is 0 Å². The van der Waals surface area contributed by atoms with Crippen molar-refractivity contribution in [3.63, 3.8) is 0 Å². The van der Waals surface area contributed by atoms with E-state index in [1.165, 1.54) is 5.56 Å². The van der Waals surface area contributed by atoms with Gasteiger partial charge in [-0.2, -0.15) is 5.26 Å². The van der Waals surface area contributed by atoms with Crippen molar-refractivity contribution >= 4 is 22.9 Å². The van der Waals surface area contributed by atoms with E-state index >= 15 is 0 Å². The van der Waals surface area contributed by atoms with Crippen LogP contribution in [-0.4, -0.2) is 34.2 Å². The van der Waals surface area contributed by atoms with E-state index in [0.29, 0.717) is 6.67 Å². The molecule has 3 heterocycles. The summed E-state index contributed by atoms with van der Waals surface area (Å²) in [6.07, 6.45) is 0.868. The molecule has 1 aromatic heterocycles. The Bertz CT molecular complexity index is 818. The van der Waals surface area contributed by atoms with Crippen LogP contribution in [0.25, 0.3) is 0 Å². The molecule has 0 atom stereocenters. The number of benzene rings is 1. The minimum absolute atomic E-state index is 0.587. The van der Waals surface area contributed by atoms with E-state index in [1.54, 1.807) is 0 Å². The Morgan fingerprint density at radius 3 is 2.75 bits per heavy atom. The number of fused-ring (bicyclic) bond motifs is 3. The molecule has 2 aliphatic heterocycles. The van der Waals surface area contributed by atoms with Gasteiger partial charge in [-0.15, -0.1) is 0 Å². The first-order valence-corrected chi connectivity index (χ1v) is 8.62. The van der Waals surface area contributed by atoms with Crippen molar-refractivity contribution in [2.75, 3.05) is 25.1 Å². The monoisotopic (exact) mass is 337 g/mol. The fraction of sp³-hybridized carbons (Fsp3) is 0.333. The highest BCUT2D eigenvalue weighted by Crippen LogP contribution is 2.31. The Hall–Kier alpha value is -2.36. The maximum Gasteiger partial charge on any atom is 0.126 e. The highest BCUT2D eigenvalue weighted by atomic mass is 32.1. The van der Waals surface area contributed by atoms with E-state index in [1.807, 2.05) is 6.07 Å². The molecular formula is C18H19N5S. The highest BCUT2D eigenvalue weighted by molar-refractivity contribution is 7.80. The molecular weight excluding hydrogens is 318 g/mol. The standard InChI is InChI=1S/C18H19N5S/c19-10-14-15-6-7-22(11-13-4-2-1-3-5-13)8-9-23(15)17-16(14)20-12-21-18(17)24/h1-5,20H,6-9,11-12H2,(H,21,24). The van der Waals surface area contributed by atoms with Gasteiger partial charge in [0.25, 0.3) is 0 Å². The molecule has 122 valence electrons. The van der Waals surface area contributed by atoms with E-state index in [0.717, 1.165) is 60.2 Å². The zero-order valence-corrected chi connectivity index (χ0v) is 14.2. The summed E-state index contributed by atoms with van der Waals surface area (Å²) < 4.78 is 2.24. The number of hydrogen-bond acceptors (Lipinski definition) is 4. The molecule has 6 heteroatoms. The lowest BCUT2D eigenvalue weighted by Crippen LogP contribution is -2.36. The van der Waals surface area contributed by atoms with Crippen LogP contribution < -0.4 is 10.6 Å². The molecule has 24 heavy (non-hydrogen) atoms. The molecule has 5 nitrogen and oxygen atoms in total. The molecule has 0 radical (unpaired) electrons. The molecule has 0 saturated heterocycles. The molecule has 0 aliphatic carbocycles. The molecule has 0 fully saturated rings. The second kappa shape index (κ2) is 6.27. The molecule has 0 spiro atoms. The quantitative estimate of drug-likeness (QED) is 0.822. The molecule has 0 unspecified atom stereocenters. The first kappa shape index (κ1) is 15.2. The molecule has 2 aromatic rings. The normalized spacial score (nSPS) is 17.0. The van der Waals surface area contributed by atoms with Gasteiger partial charge in [0.1, 0.15) is 16.8 Å². The Kier molecular flexibility index (Phi) is 3.97. The lowest BCUT2D eigenvalue weighted by Gasteiger charge is -2.22. The number of nitriles is 1. The van der Waals surface area contributed by atoms with Crippen LogP contribution in [0.1, 0.15) is 22.5 Å². The zero-order chi connectivity index (χ0) is 16.5. The summed E-state index contributed by atoms with van der Waals surface area (Å²) in [6, 6.07) is 12.9. The van der Waals surface area contributed by atoms with Gasteiger partial charge in [0.2, 0.25) is 0 Å². The van der Waals surface area contributed by atoms with Gasteiger partial charge in [-0.3, -0.25) is 4.90 Å². The number of aromatic nitrogens is 1. The Labute approximate surface area is 146 Å². The maximum absolute atomic E-state index is 9.64.